The average Bonchev–Trinajstić information content (AvgIpc) is 2.77. The van der Waals surface area contributed by atoms with Gasteiger partial charge in [-0.3, -0.25) is 5.41 Å². The number of anilines is 1. The van der Waals surface area contributed by atoms with Gasteiger partial charge < -0.3 is 9.64 Å². The third-order valence-corrected chi connectivity index (χ3v) is 3.37. The first-order valence-corrected chi connectivity index (χ1v) is 6.08. The van der Waals surface area contributed by atoms with Gasteiger partial charge in [0.1, 0.15) is 11.7 Å². The Kier molecular flexibility index (Phi) is 2.89. The first-order chi connectivity index (χ1) is 9.60. The molecule has 2 aromatic rings. The van der Waals surface area contributed by atoms with Crippen molar-refractivity contribution in [2.24, 2.45) is 0 Å². The Hall–Kier alpha value is -2.43. The number of hydrogen-bond donors (Lipinski definition) is 1. The van der Waals surface area contributed by atoms with Gasteiger partial charge >= 0.3 is 0 Å². The third kappa shape index (κ3) is 1.91. The number of nitrogens with one attached hydrogen (secondary N) is 1. The normalized spacial score (nSPS) is 13.6. The van der Waals surface area contributed by atoms with Crippen molar-refractivity contribution in [1.29, 1.82) is 5.41 Å². The van der Waals surface area contributed by atoms with Crippen LogP contribution in [-0.2, 0) is 6.54 Å². The molecule has 1 aliphatic heterocycles. The molecule has 5 heteroatoms. The molecule has 20 heavy (non-hydrogen) atoms. The molecular formula is C15H12F2N2O. The highest BCUT2D eigenvalue weighted by molar-refractivity contribution is 6.11. The number of ether oxygens (including phenoxy) is 1. The number of benzene rings is 2. The average molecular weight is 274 g/mol. The summed E-state index contributed by atoms with van der Waals surface area (Å²) in [6, 6.07) is 8.80. The monoisotopic (exact) mass is 274 g/mol. The second kappa shape index (κ2) is 4.59. The molecule has 102 valence electrons. The van der Waals surface area contributed by atoms with Crippen LogP contribution in [0, 0.1) is 17.0 Å². The lowest BCUT2D eigenvalue weighted by Crippen LogP contribution is -2.23. The summed E-state index contributed by atoms with van der Waals surface area (Å²) in [5.41, 5.74) is 2.08. The zero-order valence-corrected chi connectivity index (χ0v) is 10.8. The summed E-state index contributed by atoms with van der Waals surface area (Å²) < 4.78 is 31.6. The molecule has 0 spiro atoms. The molecule has 0 atom stereocenters. The van der Waals surface area contributed by atoms with Crippen LogP contribution in [0.2, 0.25) is 0 Å². The molecule has 0 aliphatic carbocycles. The molecule has 1 heterocycles. The SMILES string of the molecule is COc1cc(N2Cc3ccc(F)cc3C2=N)ccc1F. The highest BCUT2D eigenvalue weighted by atomic mass is 19.1. The van der Waals surface area contributed by atoms with Crippen LogP contribution in [0.1, 0.15) is 11.1 Å². The van der Waals surface area contributed by atoms with E-state index in [9.17, 15) is 8.78 Å². The molecular weight excluding hydrogens is 262 g/mol. The number of methoxy groups -OCH3 is 1. The van der Waals surface area contributed by atoms with Crippen LogP contribution in [-0.4, -0.2) is 12.9 Å². The number of fused-ring (bicyclic) bond motifs is 1. The molecule has 0 bridgehead atoms. The zero-order chi connectivity index (χ0) is 14.3. The maximum absolute atomic E-state index is 13.4. The van der Waals surface area contributed by atoms with E-state index in [0.29, 0.717) is 17.8 Å². The first-order valence-electron chi connectivity index (χ1n) is 6.08. The summed E-state index contributed by atoms with van der Waals surface area (Å²) in [6.45, 7) is 0.462. The molecule has 0 saturated heterocycles. The lowest BCUT2D eigenvalue weighted by molar-refractivity contribution is 0.386. The van der Waals surface area contributed by atoms with E-state index in [-0.39, 0.29) is 17.4 Å². The van der Waals surface area contributed by atoms with Gasteiger partial charge in [-0.2, -0.15) is 0 Å². The number of amidine groups is 1. The van der Waals surface area contributed by atoms with Crippen molar-refractivity contribution in [1.82, 2.24) is 0 Å². The van der Waals surface area contributed by atoms with Gasteiger partial charge in [-0.1, -0.05) is 6.07 Å². The van der Waals surface area contributed by atoms with Crippen LogP contribution in [0.25, 0.3) is 0 Å². The van der Waals surface area contributed by atoms with E-state index in [2.05, 4.69) is 0 Å². The fourth-order valence-electron chi connectivity index (χ4n) is 2.34. The number of hydrogen-bond acceptors (Lipinski definition) is 2. The van der Waals surface area contributed by atoms with Crippen molar-refractivity contribution in [3.63, 3.8) is 0 Å². The minimum absolute atomic E-state index is 0.123. The maximum atomic E-state index is 13.4. The summed E-state index contributed by atoms with van der Waals surface area (Å²) in [5, 5.41) is 8.13. The smallest absolute Gasteiger partial charge is 0.165 e. The molecule has 0 saturated carbocycles. The van der Waals surface area contributed by atoms with Gasteiger partial charge in [0.05, 0.1) is 13.7 Å². The van der Waals surface area contributed by atoms with E-state index in [1.54, 1.807) is 17.0 Å². The van der Waals surface area contributed by atoms with Gasteiger partial charge in [0.25, 0.3) is 0 Å². The van der Waals surface area contributed by atoms with Crippen LogP contribution in [0.5, 0.6) is 5.75 Å². The van der Waals surface area contributed by atoms with Crippen molar-refractivity contribution in [3.05, 3.63) is 59.2 Å². The topological polar surface area (TPSA) is 36.3 Å². The molecule has 0 aromatic heterocycles. The molecule has 0 amide bonds. The predicted octanol–water partition coefficient (Wildman–Crippen LogP) is 3.32. The van der Waals surface area contributed by atoms with Crippen molar-refractivity contribution < 1.29 is 13.5 Å². The molecule has 0 radical (unpaired) electrons. The van der Waals surface area contributed by atoms with E-state index in [0.717, 1.165) is 5.56 Å². The standard InChI is InChI=1S/C15H12F2N2O/c1-20-14-7-11(4-5-13(14)17)19-8-9-2-3-10(16)6-12(9)15(19)18/h2-7,18H,8H2,1H3. The molecule has 1 N–H and O–H groups in total. The van der Waals surface area contributed by atoms with Crippen molar-refractivity contribution >= 4 is 11.5 Å². The highest BCUT2D eigenvalue weighted by Crippen LogP contribution is 2.31. The van der Waals surface area contributed by atoms with E-state index < -0.39 is 5.82 Å². The first kappa shape index (κ1) is 12.6. The second-order valence-corrected chi connectivity index (χ2v) is 4.56. The molecule has 0 unspecified atom stereocenters. The number of nitrogens with zero attached hydrogens (tertiary/aromatic N) is 1. The molecule has 2 aromatic carbocycles. The lowest BCUT2D eigenvalue weighted by atomic mass is 10.1. The fourth-order valence-corrected chi connectivity index (χ4v) is 2.34. The van der Waals surface area contributed by atoms with E-state index in [4.69, 9.17) is 10.1 Å². The van der Waals surface area contributed by atoms with E-state index in [1.807, 2.05) is 0 Å². The minimum atomic E-state index is -0.453. The Bertz CT molecular complexity index is 700. The summed E-state index contributed by atoms with van der Waals surface area (Å²) in [4.78, 5) is 1.69. The van der Waals surface area contributed by atoms with E-state index in [1.165, 1.54) is 31.4 Å². The summed E-state index contributed by atoms with van der Waals surface area (Å²) in [5.74, 6) is -0.497. The Labute approximate surface area is 114 Å². The Morgan fingerprint density at radius 3 is 2.70 bits per heavy atom. The van der Waals surface area contributed by atoms with Gasteiger partial charge in [0.2, 0.25) is 0 Å². The second-order valence-electron chi connectivity index (χ2n) is 4.56. The van der Waals surface area contributed by atoms with Crippen LogP contribution >= 0.6 is 0 Å². The number of halogens is 2. The molecule has 1 aliphatic rings. The fraction of sp³-hybridized carbons (Fsp3) is 0.133. The summed E-state index contributed by atoms with van der Waals surface area (Å²) >= 11 is 0. The van der Waals surface area contributed by atoms with Crippen LogP contribution in [0.15, 0.2) is 36.4 Å². The van der Waals surface area contributed by atoms with Gasteiger partial charge in [-0.05, 0) is 29.8 Å². The van der Waals surface area contributed by atoms with Gasteiger partial charge in [0, 0.05) is 17.3 Å². The minimum Gasteiger partial charge on any atom is -0.494 e. The largest absolute Gasteiger partial charge is 0.494 e. The highest BCUT2D eigenvalue weighted by Gasteiger charge is 2.26. The Balaban J connectivity index is 2.00. The van der Waals surface area contributed by atoms with Crippen molar-refractivity contribution in [2.75, 3.05) is 12.0 Å². The molecule has 3 rings (SSSR count). The maximum Gasteiger partial charge on any atom is 0.165 e. The molecule has 0 fully saturated rings. The van der Waals surface area contributed by atoms with Gasteiger partial charge in [-0.15, -0.1) is 0 Å². The van der Waals surface area contributed by atoms with Crippen LogP contribution in [0.3, 0.4) is 0 Å². The van der Waals surface area contributed by atoms with E-state index >= 15 is 0 Å². The quantitative estimate of drug-likeness (QED) is 0.912. The third-order valence-electron chi connectivity index (χ3n) is 3.37. The van der Waals surface area contributed by atoms with Crippen LogP contribution in [0.4, 0.5) is 14.5 Å². The lowest BCUT2D eigenvalue weighted by Gasteiger charge is -2.18. The summed E-state index contributed by atoms with van der Waals surface area (Å²) in [6.07, 6.45) is 0. The van der Waals surface area contributed by atoms with Gasteiger partial charge in [-0.25, -0.2) is 8.78 Å². The van der Waals surface area contributed by atoms with Crippen LogP contribution < -0.4 is 9.64 Å². The zero-order valence-electron chi connectivity index (χ0n) is 10.8. The molecule has 3 nitrogen and oxygen atoms in total. The van der Waals surface area contributed by atoms with Gasteiger partial charge in [0.15, 0.2) is 11.6 Å². The predicted molar refractivity (Wildman–Crippen MR) is 72.4 cm³/mol. The Morgan fingerprint density at radius 1 is 1.15 bits per heavy atom. The Morgan fingerprint density at radius 2 is 1.95 bits per heavy atom. The van der Waals surface area contributed by atoms with Crippen molar-refractivity contribution in [2.45, 2.75) is 6.54 Å². The summed E-state index contributed by atoms with van der Waals surface area (Å²) in [7, 11) is 1.39. The van der Waals surface area contributed by atoms with Crippen molar-refractivity contribution in [3.8, 4) is 5.75 Å². The number of rotatable bonds is 2.